The van der Waals surface area contributed by atoms with Crippen LogP contribution in [0.4, 0.5) is 10.1 Å². The fourth-order valence-corrected chi connectivity index (χ4v) is 5.23. The average molecular weight is 540 g/mol. The molecule has 1 aliphatic heterocycles. The first-order chi connectivity index (χ1) is 18.3. The molecule has 5 N–H and O–H groups in total. The van der Waals surface area contributed by atoms with E-state index in [2.05, 4.69) is 9.69 Å². The van der Waals surface area contributed by atoms with E-state index in [-0.39, 0.29) is 35.5 Å². The van der Waals surface area contributed by atoms with E-state index in [1.54, 1.807) is 0 Å². The molecule has 1 saturated heterocycles. The number of aromatic nitrogens is 1. The van der Waals surface area contributed by atoms with Crippen LogP contribution in [0.5, 0.6) is 0 Å². The number of amides is 3. The first-order valence-electron chi connectivity index (χ1n) is 12.3. The Bertz CT molecular complexity index is 1310. The second kappa shape index (κ2) is 12.1. The Labute approximate surface area is 224 Å². The number of nitrogens with two attached hydrogens (primary N) is 2. The Balaban J connectivity index is 1.72. The van der Waals surface area contributed by atoms with Crippen molar-refractivity contribution in [1.29, 1.82) is 0 Å². The van der Waals surface area contributed by atoms with E-state index in [0.717, 1.165) is 35.5 Å². The van der Waals surface area contributed by atoms with Crippen molar-refractivity contribution in [3.8, 4) is 0 Å². The molecule has 0 saturated carbocycles. The van der Waals surface area contributed by atoms with Crippen LogP contribution < -0.4 is 16.8 Å². The topological polar surface area (TPSA) is 141 Å². The minimum Gasteiger partial charge on any atom is -0.395 e. The number of nitrogens with one attached hydrogen (secondary N) is 1. The van der Waals surface area contributed by atoms with Gasteiger partial charge in [0.2, 0.25) is 5.91 Å². The van der Waals surface area contributed by atoms with Gasteiger partial charge in [-0.3, -0.25) is 14.4 Å². The maximum Gasteiger partial charge on any atom is 0.270 e. The third-order valence-corrected chi connectivity index (χ3v) is 7.42. The fourth-order valence-electron chi connectivity index (χ4n) is 4.47. The van der Waals surface area contributed by atoms with Crippen LogP contribution in [-0.4, -0.2) is 52.8 Å². The van der Waals surface area contributed by atoms with Crippen molar-refractivity contribution in [2.24, 2.45) is 5.73 Å². The smallest absolute Gasteiger partial charge is 0.270 e. The fraction of sp³-hybridized carbons (Fsp3) is 0.333. The van der Waals surface area contributed by atoms with Crippen LogP contribution in [0.15, 0.2) is 48.5 Å². The monoisotopic (exact) mass is 539 g/mol. The van der Waals surface area contributed by atoms with Crippen LogP contribution in [-0.2, 0) is 16.0 Å². The summed E-state index contributed by atoms with van der Waals surface area (Å²) in [5.74, 6) is -2.34. The summed E-state index contributed by atoms with van der Waals surface area (Å²) in [5, 5.41) is 2.90. The van der Waals surface area contributed by atoms with Gasteiger partial charge in [0, 0.05) is 19.7 Å². The number of hydrogen-bond acceptors (Lipinski definition) is 7. The van der Waals surface area contributed by atoms with Gasteiger partial charge in [-0.1, -0.05) is 36.4 Å². The van der Waals surface area contributed by atoms with Gasteiger partial charge >= 0.3 is 0 Å². The summed E-state index contributed by atoms with van der Waals surface area (Å²) in [5.41, 5.74) is 13.6. The number of nitrogens with zero attached hydrogens (tertiary/aromatic N) is 2. The number of carbonyl (C=O) groups is 3. The molecule has 1 aliphatic rings. The molecule has 0 spiro atoms. The first kappa shape index (κ1) is 27.2. The SMILES string of the molecule is Cc1ccccc1CCN(C(=O)c1snc(C(N)=O)c1N)[C@@H](C(=O)NC[C@H]1CCCO1)c1ccc(F)cc1. The molecule has 0 bridgehead atoms. The molecule has 0 aliphatic carbocycles. The minimum absolute atomic E-state index is 0.00243. The molecule has 11 heteroatoms. The second-order valence-corrected chi connectivity index (χ2v) is 9.92. The lowest BCUT2D eigenvalue weighted by Crippen LogP contribution is -2.46. The summed E-state index contributed by atoms with van der Waals surface area (Å²) in [6, 6.07) is 12.1. The number of carbonyl (C=O) groups excluding carboxylic acids is 3. The Morgan fingerprint density at radius 3 is 2.58 bits per heavy atom. The summed E-state index contributed by atoms with van der Waals surface area (Å²) in [4.78, 5) is 40.7. The highest BCUT2D eigenvalue weighted by molar-refractivity contribution is 7.09. The molecule has 3 aromatic rings. The highest BCUT2D eigenvalue weighted by Crippen LogP contribution is 2.29. The van der Waals surface area contributed by atoms with Gasteiger partial charge in [0.15, 0.2) is 5.69 Å². The number of primary amides is 1. The van der Waals surface area contributed by atoms with E-state index in [4.69, 9.17) is 16.2 Å². The van der Waals surface area contributed by atoms with Gasteiger partial charge in [-0.15, -0.1) is 0 Å². The third kappa shape index (κ3) is 6.17. The van der Waals surface area contributed by atoms with E-state index in [1.165, 1.54) is 29.2 Å². The Hall–Kier alpha value is -3.83. The maximum atomic E-state index is 13.9. The maximum absolute atomic E-state index is 13.9. The van der Waals surface area contributed by atoms with Gasteiger partial charge in [0.1, 0.15) is 16.7 Å². The van der Waals surface area contributed by atoms with Crippen LogP contribution >= 0.6 is 11.5 Å². The lowest BCUT2D eigenvalue weighted by Gasteiger charge is -2.32. The Morgan fingerprint density at radius 1 is 1.21 bits per heavy atom. The minimum atomic E-state index is -1.10. The number of ether oxygens (including phenoxy) is 1. The van der Waals surface area contributed by atoms with Crippen LogP contribution in [0.2, 0.25) is 0 Å². The third-order valence-electron chi connectivity index (χ3n) is 6.57. The molecule has 9 nitrogen and oxygen atoms in total. The quantitative estimate of drug-likeness (QED) is 0.362. The number of aryl methyl sites for hydroxylation is 1. The van der Waals surface area contributed by atoms with Crippen LogP contribution in [0.3, 0.4) is 0 Å². The molecular formula is C27H30FN5O4S. The molecule has 1 fully saturated rings. The molecule has 200 valence electrons. The first-order valence-corrected chi connectivity index (χ1v) is 13.1. The van der Waals surface area contributed by atoms with Gasteiger partial charge in [0.25, 0.3) is 11.8 Å². The Morgan fingerprint density at radius 2 is 1.95 bits per heavy atom. The molecule has 38 heavy (non-hydrogen) atoms. The lowest BCUT2D eigenvalue weighted by atomic mass is 10.0. The standard InChI is InChI=1S/C27H30FN5O4S/c1-16-5-2-3-6-17(16)12-13-33(27(36)24-21(29)22(25(30)34)32-38-24)23(18-8-10-19(28)11-9-18)26(35)31-15-20-7-4-14-37-20/h2-3,5-6,8-11,20,23H,4,7,12-15,29H2,1H3,(H2,30,34)(H,31,35)/t20-,23-/m1/s1. The van der Waals surface area contributed by atoms with Crippen LogP contribution in [0, 0.1) is 12.7 Å². The van der Waals surface area contributed by atoms with Crippen molar-refractivity contribution >= 4 is 34.9 Å². The van der Waals surface area contributed by atoms with Crippen molar-refractivity contribution in [3.63, 3.8) is 0 Å². The summed E-state index contributed by atoms with van der Waals surface area (Å²) in [7, 11) is 0. The van der Waals surface area contributed by atoms with E-state index >= 15 is 0 Å². The van der Waals surface area contributed by atoms with Crippen molar-refractivity contribution < 1.29 is 23.5 Å². The zero-order valence-electron chi connectivity index (χ0n) is 21.0. The van der Waals surface area contributed by atoms with E-state index in [9.17, 15) is 18.8 Å². The van der Waals surface area contributed by atoms with E-state index in [1.807, 2.05) is 31.2 Å². The summed E-state index contributed by atoms with van der Waals surface area (Å²) < 4.78 is 23.4. The zero-order chi connectivity index (χ0) is 27.2. The Kier molecular flexibility index (Phi) is 8.70. The molecule has 2 aromatic carbocycles. The lowest BCUT2D eigenvalue weighted by molar-refractivity contribution is -0.126. The zero-order valence-corrected chi connectivity index (χ0v) is 21.8. The van der Waals surface area contributed by atoms with Gasteiger partial charge in [0.05, 0.1) is 11.8 Å². The molecule has 1 aromatic heterocycles. The van der Waals surface area contributed by atoms with Crippen molar-refractivity contribution in [2.45, 2.75) is 38.3 Å². The highest BCUT2D eigenvalue weighted by Gasteiger charge is 2.35. The second-order valence-electron chi connectivity index (χ2n) is 9.15. The summed E-state index contributed by atoms with van der Waals surface area (Å²) >= 11 is 0.748. The van der Waals surface area contributed by atoms with E-state index in [0.29, 0.717) is 18.6 Å². The van der Waals surface area contributed by atoms with Crippen molar-refractivity contribution in [2.75, 3.05) is 25.4 Å². The molecular weight excluding hydrogens is 509 g/mol. The number of rotatable bonds is 10. The van der Waals surface area contributed by atoms with Crippen molar-refractivity contribution in [1.82, 2.24) is 14.6 Å². The normalized spacial score (nSPS) is 15.7. The molecule has 0 unspecified atom stereocenters. The van der Waals surface area contributed by atoms with Gasteiger partial charge in [-0.05, 0) is 66.5 Å². The van der Waals surface area contributed by atoms with Crippen LogP contribution in [0.25, 0.3) is 0 Å². The number of nitrogen functional groups attached to an aromatic ring is 1. The van der Waals surface area contributed by atoms with Crippen molar-refractivity contribution in [3.05, 3.63) is 81.6 Å². The molecule has 2 heterocycles. The average Bonchev–Trinajstić information content (AvgIpc) is 3.56. The molecule has 3 amide bonds. The van der Waals surface area contributed by atoms with Gasteiger partial charge in [-0.2, -0.15) is 4.37 Å². The predicted octanol–water partition coefficient (Wildman–Crippen LogP) is 2.99. The van der Waals surface area contributed by atoms with Gasteiger partial charge < -0.3 is 26.4 Å². The predicted molar refractivity (Wildman–Crippen MR) is 142 cm³/mol. The number of anilines is 1. The number of benzene rings is 2. The summed E-state index contributed by atoms with van der Waals surface area (Å²) in [6.45, 7) is 3.02. The number of halogens is 1. The molecule has 0 radical (unpaired) electrons. The van der Waals surface area contributed by atoms with Gasteiger partial charge in [-0.25, -0.2) is 4.39 Å². The number of hydrogen-bond donors (Lipinski definition) is 3. The largest absolute Gasteiger partial charge is 0.395 e. The summed E-state index contributed by atoms with van der Waals surface area (Å²) in [6.07, 6.45) is 2.07. The highest BCUT2D eigenvalue weighted by atomic mass is 32.1. The molecule has 2 atom stereocenters. The van der Waals surface area contributed by atoms with Crippen LogP contribution in [0.1, 0.15) is 55.7 Å². The molecule has 4 rings (SSSR count). The van der Waals surface area contributed by atoms with E-state index < -0.39 is 29.6 Å².